The van der Waals surface area contributed by atoms with E-state index in [1.165, 1.54) is 18.5 Å². The van der Waals surface area contributed by atoms with E-state index in [0.717, 1.165) is 6.20 Å². The summed E-state index contributed by atoms with van der Waals surface area (Å²) in [5.41, 5.74) is 11.6. The fraction of sp³-hybridized carbons (Fsp3) is 0.250. The van der Waals surface area contributed by atoms with Gasteiger partial charge in [0, 0.05) is 12.4 Å². The summed E-state index contributed by atoms with van der Waals surface area (Å²) in [5, 5.41) is 6.20. The molecule has 2 rings (SSSR count). The summed E-state index contributed by atoms with van der Waals surface area (Å²) in [6.45, 7) is -2.71. The van der Waals surface area contributed by atoms with Gasteiger partial charge in [-0.05, 0) is 6.08 Å². The molecule has 2 heterocycles. The predicted molar refractivity (Wildman–Crippen MR) is 53.2 cm³/mol. The molecule has 1 aliphatic rings. The van der Waals surface area contributed by atoms with Crippen LogP contribution in [0.1, 0.15) is 12.1 Å². The van der Waals surface area contributed by atoms with Gasteiger partial charge in [-0.3, -0.25) is 5.73 Å². The molecule has 0 amide bonds. The predicted octanol–water partition coefficient (Wildman–Crippen LogP) is -0.179. The van der Waals surface area contributed by atoms with Crippen molar-refractivity contribution in [3.8, 4) is 0 Å². The van der Waals surface area contributed by atoms with Gasteiger partial charge in [-0.15, -0.1) is 0 Å². The molecule has 0 aromatic carbocycles. The van der Waals surface area contributed by atoms with Gasteiger partial charge in [0.2, 0.25) is 5.79 Å². The van der Waals surface area contributed by atoms with Crippen LogP contribution in [0.2, 0.25) is 0 Å². The summed E-state index contributed by atoms with van der Waals surface area (Å²) < 4.78 is 25.1. The Balaban J connectivity index is 2.33. The summed E-state index contributed by atoms with van der Waals surface area (Å²) in [4.78, 5) is 3.93. The highest BCUT2D eigenvalue weighted by molar-refractivity contribution is 5.92. The number of rotatable bonds is 2. The number of halogens is 2. The Morgan fingerprint density at radius 2 is 2.25 bits per heavy atom. The molecule has 0 spiro atoms. The number of alkyl halides is 2. The van der Waals surface area contributed by atoms with E-state index < -0.39 is 12.3 Å². The quantitative estimate of drug-likeness (QED) is 0.654. The fourth-order valence-corrected chi connectivity index (χ4v) is 1.32. The zero-order valence-corrected chi connectivity index (χ0v) is 8.14. The summed E-state index contributed by atoms with van der Waals surface area (Å²) in [6.07, 6.45) is 5.35. The molecule has 8 heteroatoms. The Hall–Kier alpha value is -1.96. The first-order valence-electron chi connectivity index (χ1n) is 4.42. The maximum atomic E-state index is 12.3. The normalized spacial score (nSPS) is 24.4. The fourth-order valence-electron chi connectivity index (χ4n) is 1.32. The Morgan fingerprint density at radius 3 is 2.81 bits per heavy atom. The van der Waals surface area contributed by atoms with Gasteiger partial charge < -0.3 is 11.1 Å². The van der Waals surface area contributed by atoms with Crippen molar-refractivity contribution in [1.82, 2.24) is 15.1 Å². The Morgan fingerprint density at radius 1 is 1.50 bits per heavy atom. The van der Waals surface area contributed by atoms with Gasteiger partial charge >= 0.3 is 6.55 Å². The highest BCUT2D eigenvalue weighted by Gasteiger charge is 2.29. The van der Waals surface area contributed by atoms with Gasteiger partial charge in [0.15, 0.2) is 0 Å². The van der Waals surface area contributed by atoms with Gasteiger partial charge in [-0.25, -0.2) is 9.67 Å². The standard InChI is InChI=1S/C8H10F2N6/c9-7(10)16-4-5(3-14-16)8(12)13-2-1-6(11)15-8/h1-4,7,13H,12H2,(H2,11,15). The maximum absolute atomic E-state index is 12.3. The number of aromatic nitrogens is 2. The van der Waals surface area contributed by atoms with E-state index in [1.54, 1.807) is 0 Å². The van der Waals surface area contributed by atoms with Crippen molar-refractivity contribution in [3.63, 3.8) is 0 Å². The lowest BCUT2D eigenvalue weighted by Crippen LogP contribution is -2.49. The summed E-state index contributed by atoms with van der Waals surface area (Å²) >= 11 is 0. The third kappa shape index (κ3) is 1.74. The van der Waals surface area contributed by atoms with Crippen LogP contribution in [0.25, 0.3) is 0 Å². The van der Waals surface area contributed by atoms with Crippen LogP contribution in [0.4, 0.5) is 8.78 Å². The highest BCUT2D eigenvalue weighted by atomic mass is 19.3. The van der Waals surface area contributed by atoms with E-state index in [1.807, 2.05) is 0 Å². The Kier molecular flexibility index (Phi) is 2.35. The molecular formula is C8H10F2N6. The number of aliphatic imine (C=N–C) groups is 1. The lowest BCUT2D eigenvalue weighted by molar-refractivity contribution is 0.0564. The number of nitrogens with one attached hydrogen (secondary N) is 1. The number of nitrogens with two attached hydrogens (primary N) is 2. The lowest BCUT2D eigenvalue weighted by Gasteiger charge is -2.26. The van der Waals surface area contributed by atoms with E-state index >= 15 is 0 Å². The molecule has 16 heavy (non-hydrogen) atoms. The minimum atomic E-state index is -2.71. The number of hydrogen-bond donors (Lipinski definition) is 3. The molecule has 86 valence electrons. The largest absolute Gasteiger partial charge is 0.384 e. The molecule has 0 aliphatic carbocycles. The van der Waals surface area contributed by atoms with Crippen LogP contribution in [0.3, 0.4) is 0 Å². The second-order valence-electron chi connectivity index (χ2n) is 3.27. The van der Waals surface area contributed by atoms with Crippen molar-refractivity contribution in [2.24, 2.45) is 16.5 Å². The molecule has 5 N–H and O–H groups in total. The smallest absolute Gasteiger partial charge is 0.333 e. The molecule has 1 aromatic rings. The SMILES string of the molecule is NC1=NC(N)(c2cnn(C(F)F)c2)NC=C1. The van der Waals surface area contributed by atoms with Crippen molar-refractivity contribution in [3.05, 3.63) is 30.2 Å². The zero-order chi connectivity index (χ0) is 11.8. The first-order chi connectivity index (χ1) is 7.51. The third-order valence-corrected chi connectivity index (χ3v) is 2.10. The molecule has 1 atom stereocenters. The molecular weight excluding hydrogens is 218 g/mol. The molecule has 0 bridgehead atoms. The topological polar surface area (TPSA) is 94.2 Å². The second-order valence-corrected chi connectivity index (χ2v) is 3.27. The van der Waals surface area contributed by atoms with Crippen LogP contribution in [0.5, 0.6) is 0 Å². The maximum Gasteiger partial charge on any atom is 0.333 e. The van der Waals surface area contributed by atoms with Crippen molar-refractivity contribution in [2.75, 3.05) is 0 Å². The average Bonchev–Trinajstić information content (AvgIpc) is 2.66. The van der Waals surface area contributed by atoms with Crippen molar-refractivity contribution >= 4 is 5.84 Å². The second kappa shape index (κ2) is 3.56. The molecule has 1 unspecified atom stereocenters. The molecule has 0 saturated heterocycles. The van der Waals surface area contributed by atoms with Gasteiger partial charge in [0.1, 0.15) is 5.84 Å². The summed E-state index contributed by atoms with van der Waals surface area (Å²) in [6, 6.07) is 0. The highest BCUT2D eigenvalue weighted by Crippen LogP contribution is 2.20. The van der Waals surface area contributed by atoms with Crippen LogP contribution >= 0.6 is 0 Å². The molecule has 0 fully saturated rings. The van der Waals surface area contributed by atoms with E-state index in [2.05, 4.69) is 15.4 Å². The average molecular weight is 228 g/mol. The Bertz CT molecular complexity index is 451. The Labute approximate surface area is 89.6 Å². The summed E-state index contributed by atoms with van der Waals surface area (Å²) in [7, 11) is 0. The van der Waals surface area contributed by atoms with Crippen LogP contribution in [0, 0.1) is 0 Å². The molecule has 1 aromatic heterocycles. The van der Waals surface area contributed by atoms with Crippen LogP contribution in [-0.4, -0.2) is 15.6 Å². The number of hydrogen-bond acceptors (Lipinski definition) is 5. The minimum absolute atomic E-state index is 0.214. The zero-order valence-electron chi connectivity index (χ0n) is 8.14. The van der Waals surface area contributed by atoms with Crippen LogP contribution in [-0.2, 0) is 5.79 Å². The third-order valence-electron chi connectivity index (χ3n) is 2.10. The van der Waals surface area contributed by atoms with Gasteiger partial charge in [-0.1, -0.05) is 0 Å². The molecule has 6 nitrogen and oxygen atoms in total. The molecule has 0 saturated carbocycles. The number of nitrogens with zero attached hydrogens (tertiary/aromatic N) is 3. The monoisotopic (exact) mass is 228 g/mol. The van der Waals surface area contributed by atoms with E-state index in [0.29, 0.717) is 10.2 Å². The van der Waals surface area contributed by atoms with Crippen molar-refractivity contribution in [1.29, 1.82) is 0 Å². The van der Waals surface area contributed by atoms with Crippen molar-refractivity contribution in [2.45, 2.75) is 12.3 Å². The molecule has 1 aliphatic heterocycles. The van der Waals surface area contributed by atoms with Crippen LogP contribution in [0.15, 0.2) is 29.7 Å². The van der Waals surface area contributed by atoms with Gasteiger partial charge in [0.25, 0.3) is 0 Å². The molecule has 0 radical (unpaired) electrons. The number of amidine groups is 1. The van der Waals surface area contributed by atoms with E-state index in [-0.39, 0.29) is 5.84 Å². The van der Waals surface area contributed by atoms with Gasteiger partial charge in [-0.2, -0.15) is 13.9 Å². The minimum Gasteiger partial charge on any atom is -0.384 e. The van der Waals surface area contributed by atoms with Gasteiger partial charge in [0.05, 0.1) is 11.8 Å². The first-order valence-corrected chi connectivity index (χ1v) is 4.42. The first kappa shape index (κ1) is 10.6. The van der Waals surface area contributed by atoms with Crippen molar-refractivity contribution < 1.29 is 8.78 Å². The lowest BCUT2D eigenvalue weighted by atomic mass is 10.2. The van der Waals surface area contributed by atoms with Crippen LogP contribution < -0.4 is 16.8 Å². The van der Waals surface area contributed by atoms with E-state index in [9.17, 15) is 8.78 Å². The summed E-state index contributed by atoms with van der Waals surface area (Å²) in [5.74, 6) is -1.13. The van der Waals surface area contributed by atoms with E-state index in [4.69, 9.17) is 11.5 Å².